The van der Waals surface area contributed by atoms with Crippen LogP contribution in [0.3, 0.4) is 0 Å². The summed E-state index contributed by atoms with van der Waals surface area (Å²) in [6.45, 7) is 8.91. The molecule has 2 bridgehead atoms. The molecule has 4 aliphatic heterocycles. The summed E-state index contributed by atoms with van der Waals surface area (Å²) in [7, 11) is 1.29. The molecular weight excluding hydrogens is 470 g/mol. The van der Waals surface area contributed by atoms with Crippen molar-refractivity contribution in [3.05, 3.63) is 23.8 Å². The lowest BCUT2D eigenvalue weighted by Crippen LogP contribution is -2.71. The maximum atomic E-state index is 13.1. The second-order valence-electron chi connectivity index (χ2n) is 10.5. The predicted molar refractivity (Wildman–Crippen MR) is 124 cm³/mol. The van der Waals surface area contributed by atoms with Gasteiger partial charge in [-0.15, -0.1) is 0 Å². The highest BCUT2D eigenvalue weighted by molar-refractivity contribution is 6.25. The summed E-state index contributed by atoms with van der Waals surface area (Å²) in [5, 5.41) is 2.37. The number of rotatable bonds is 6. The van der Waals surface area contributed by atoms with E-state index >= 15 is 0 Å². The lowest BCUT2D eigenvalue weighted by atomic mass is 9.73. The number of allylic oxidation sites excluding steroid dienone is 3. The Balaban J connectivity index is 1.59. The van der Waals surface area contributed by atoms with E-state index in [0.717, 1.165) is 0 Å². The highest BCUT2D eigenvalue weighted by Crippen LogP contribution is 2.57. The van der Waals surface area contributed by atoms with E-state index in [0.29, 0.717) is 5.57 Å². The predicted octanol–water partition coefficient (Wildman–Crippen LogP) is 1.07. The highest BCUT2D eigenvalue weighted by atomic mass is 16.8. The molecule has 4 saturated heterocycles. The van der Waals surface area contributed by atoms with Gasteiger partial charge in [0.1, 0.15) is 17.6 Å². The molecule has 1 spiro atoms. The first-order valence-corrected chi connectivity index (χ1v) is 12.2. The normalized spacial score (nSPS) is 41.3. The van der Waals surface area contributed by atoms with Crippen molar-refractivity contribution in [3.8, 4) is 0 Å². The van der Waals surface area contributed by atoms with Crippen LogP contribution in [0.15, 0.2) is 23.8 Å². The van der Waals surface area contributed by atoms with Crippen LogP contribution in [-0.4, -0.2) is 72.6 Å². The average Bonchev–Trinajstić information content (AvgIpc) is 3.25. The lowest BCUT2D eigenvalue weighted by Gasteiger charge is -2.56. The van der Waals surface area contributed by atoms with Gasteiger partial charge in [0.05, 0.1) is 25.9 Å². The van der Waals surface area contributed by atoms with Crippen molar-refractivity contribution in [3.63, 3.8) is 0 Å². The van der Waals surface area contributed by atoms with Gasteiger partial charge < -0.3 is 24.3 Å². The third-order valence-electron chi connectivity index (χ3n) is 7.81. The number of methoxy groups -OCH3 is 1. The number of nitrogens with one attached hydrogen (secondary N) is 1. The van der Waals surface area contributed by atoms with E-state index in [1.54, 1.807) is 26.8 Å². The molecule has 0 aromatic rings. The highest BCUT2D eigenvalue weighted by Gasteiger charge is 2.74. The van der Waals surface area contributed by atoms with E-state index in [1.807, 2.05) is 19.9 Å². The molecule has 0 radical (unpaired) electrons. The van der Waals surface area contributed by atoms with E-state index in [1.165, 1.54) is 13.2 Å². The van der Waals surface area contributed by atoms with E-state index in [4.69, 9.17) is 18.9 Å². The van der Waals surface area contributed by atoms with Gasteiger partial charge in [0.15, 0.2) is 23.3 Å². The third-order valence-corrected chi connectivity index (χ3v) is 7.81. The molecule has 36 heavy (non-hydrogen) atoms. The van der Waals surface area contributed by atoms with Crippen LogP contribution < -0.4 is 5.32 Å². The minimum Gasteiger partial charge on any atom is -0.469 e. The molecule has 10 heteroatoms. The van der Waals surface area contributed by atoms with Crippen LogP contribution in [0, 0.1) is 23.7 Å². The Morgan fingerprint density at radius 3 is 2.42 bits per heavy atom. The second kappa shape index (κ2) is 9.32. The van der Waals surface area contributed by atoms with Crippen LogP contribution in [0.5, 0.6) is 0 Å². The first kappa shape index (κ1) is 26.4. The van der Waals surface area contributed by atoms with Gasteiger partial charge in [0, 0.05) is 18.3 Å². The zero-order valence-electron chi connectivity index (χ0n) is 21.4. The van der Waals surface area contributed by atoms with Crippen molar-refractivity contribution in [2.75, 3.05) is 13.7 Å². The Kier molecular flexibility index (Phi) is 6.83. The molecule has 1 N–H and O–H groups in total. The summed E-state index contributed by atoms with van der Waals surface area (Å²) in [6, 6.07) is 0. The van der Waals surface area contributed by atoms with E-state index in [2.05, 4.69) is 5.32 Å². The topological polar surface area (TPSA) is 134 Å². The Morgan fingerprint density at radius 2 is 1.81 bits per heavy atom. The molecule has 4 fully saturated rings. The summed E-state index contributed by atoms with van der Waals surface area (Å²) in [4.78, 5) is 61.8. The van der Waals surface area contributed by atoms with Crippen molar-refractivity contribution >= 4 is 29.2 Å². The fourth-order valence-corrected chi connectivity index (χ4v) is 6.10. The van der Waals surface area contributed by atoms with Crippen LogP contribution in [0.25, 0.3) is 0 Å². The lowest BCUT2D eigenvalue weighted by molar-refractivity contribution is -0.387. The number of esters is 1. The molecule has 196 valence electrons. The van der Waals surface area contributed by atoms with Crippen LogP contribution >= 0.6 is 0 Å². The van der Waals surface area contributed by atoms with Gasteiger partial charge in [-0.2, -0.15) is 0 Å². The van der Waals surface area contributed by atoms with Gasteiger partial charge in [-0.05, 0) is 26.8 Å². The molecule has 4 heterocycles. The molecule has 0 aromatic carbocycles. The molecule has 0 saturated carbocycles. The van der Waals surface area contributed by atoms with Crippen molar-refractivity contribution in [1.29, 1.82) is 0 Å². The summed E-state index contributed by atoms with van der Waals surface area (Å²) >= 11 is 0. The number of ketones is 3. The van der Waals surface area contributed by atoms with E-state index < -0.39 is 65.0 Å². The Hall–Kier alpha value is -2.69. The molecule has 9 unspecified atom stereocenters. The number of hydrogen-bond acceptors (Lipinski definition) is 9. The number of fused-ring (bicyclic) bond motifs is 1. The van der Waals surface area contributed by atoms with Crippen molar-refractivity contribution in [2.24, 2.45) is 23.7 Å². The largest absolute Gasteiger partial charge is 0.469 e. The smallest absolute Gasteiger partial charge is 0.316 e. The van der Waals surface area contributed by atoms with Crippen molar-refractivity contribution < 1.29 is 42.9 Å². The van der Waals surface area contributed by atoms with E-state index in [9.17, 15) is 24.0 Å². The number of amides is 1. The molecule has 4 aliphatic rings. The molecule has 10 nitrogen and oxygen atoms in total. The first-order valence-electron chi connectivity index (χ1n) is 12.2. The fraction of sp³-hybridized carbons (Fsp3) is 0.654. The SMILES string of the molecule is COC(=O)C1C(C)OC2(C)CC(=O)C3OC12OC(C(C)C=C(C)C=CC(=O)C1C(=O)CNC1=O)C3C. The Bertz CT molecular complexity index is 1050. The molecular formula is C26H33NO9. The maximum absolute atomic E-state index is 13.1. The minimum atomic E-state index is -1.48. The molecule has 0 aromatic heterocycles. The zero-order valence-corrected chi connectivity index (χ0v) is 21.4. The molecule has 4 rings (SSSR count). The van der Waals surface area contributed by atoms with Gasteiger partial charge in [-0.25, -0.2) is 0 Å². The monoisotopic (exact) mass is 503 g/mol. The van der Waals surface area contributed by atoms with Crippen molar-refractivity contribution in [2.45, 2.75) is 70.7 Å². The first-order chi connectivity index (χ1) is 16.8. The third kappa shape index (κ3) is 4.05. The summed E-state index contributed by atoms with van der Waals surface area (Å²) in [5.41, 5.74) is -0.447. The summed E-state index contributed by atoms with van der Waals surface area (Å²) in [5.74, 6) is -6.44. The number of ether oxygens (including phenoxy) is 4. The fourth-order valence-electron chi connectivity index (χ4n) is 6.10. The van der Waals surface area contributed by atoms with Crippen LogP contribution in [0.4, 0.5) is 0 Å². The van der Waals surface area contributed by atoms with Gasteiger partial charge in [-0.1, -0.05) is 31.6 Å². The maximum Gasteiger partial charge on any atom is 0.316 e. The Labute approximate surface area is 209 Å². The van der Waals surface area contributed by atoms with Crippen LogP contribution in [-0.2, 0) is 42.9 Å². The van der Waals surface area contributed by atoms with Gasteiger partial charge in [-0.3, -0.25) is 24.0 Å². The van der Waals surface area contributed by atoms with Crippen molar-refractivity contribution in [1.82, 2.24) is 5.32 Å². The second-order valence-corrected chi connectivity index (χ2v) is 10.5. The summed E-state index contributed by atoms with van der Waals surface area (Å²) in [6.07, 6.45) is 2.87. The zero-order chi connectivity index (χ0) is 26.6. The van der Waals surface area contributed by atoms with Crippen LogP contribution in [0.1, 0.15) is 41.0 Å². The number of Topliss-reactive ketones (excluding diaryl/α,β-unsaturated/α-hetero) is 2. The Morgan fingerprint density at radius 1 is 1.11 bits per heavy atom. The summed E-state index contributed by atoms with van der Waals surface area (Å²) < 4.78 is 24.0. The number of carbonyl (C=O) groups excluding carboxylic acids is 5. The average molecular weight is 504 g/mol. The van der Waals surface area contributed by atoms with Crippen LogP contribution in [0.2, 0.25) is 0 Å². The molecule has 9 atom stereocenters. The van der Waals surface area contributed by atoms with E-state index in [-0.39, 0.29) is 30.6 Å². The van der Waals surface area contributed by atoms with Gasteiger partial charge in [0.25, 0.3) is 0 Å². The molecule has 0 aliphatic carbocycles. The standard InChI is InChI=1S/C26H33NO9/c1-12(7-8-16(28)19-18(30)11-27-23(19)31)9-13(2)21-14(3)22-17(29)10-25(5)26(35-21,36-22)20(15(4)34-25)24(32)33-6/h7-9,13-15,19-22H,10-11H2,1-6H3,(H,27,31). The van der Waals surface area contributed by atoms with Gasteiger partial charge in [0.2, 0.25) is 11.7 Å². The number of hydrogen-bond donors (Lipinski definition) is 1. The number of carbonyl (C=O) groups is 5. The van der Waals surface area contributed by atoms with Gasteiger partial charge >= 0.3 is 5.97 Å². The minimum absolute atomic E-state index is 0.0636. The quantitative estimate of drug-likeness (QED) is 0.244. The molecule has 1 amide bonds.